The predicted molar refractivity (Wildman–Crippen MR) is 164 cm³/mol. The van der Waals surface area contributed by atoms with Crippen molar-refractivity contribution in [2.75, 3.05) is 42.6 Å². The van der Waals surface area contributed by atoms with E-state index in [1.807, 2.05) is 6.07 Å². The second kappa shape index (κ2) is 9.92. The van der Waals surface area contributed by atoms with E-state index in [4.69, 9.17) is 14.7 Å². The molecule has 6 aliphatic rings. The maximum Gasteiger partial charge on any atom is 0.318 e. The Bertz CT molecular complexity index is 1570. The van der Waals surface area contributed by atoms with Crippen LogP contribution in [0.1, 0.15) is 62.6 Å². The van der Waals surface area contributed by atoms with Gasteiger partial charge in [0.05, 0.1) is 23.5 Å². The van der Waals surface area contributed by atoms with E-state index in [9.17, 15) is 5.11 Å². The molecule has 5 fully saturated rings. The van der Waals surface area contributed by atoms with Gasteiger partial charge in [-0.1, -0.05) is 18.6 Å². The normalized spacial score (nSPS) is 31.5. The first-order valence-corrected chi connectivity index (χ1v) is 16.5. The van der Waals surface area contributed by atoms with Crippen molar-refractivity contribution in [3.8, 4) is 11.8 Å². The number of anilines is 2. The zero-order valence-electron chi connectivity index (χ0n) is 24.8. The van der Waals surface area contributed by atoms with Gasteiger partial charge in [-0.25, -0.2) is 4.39 Å². The highest BCUT2D eigenvalue weighted by atomic mass is 19.1. The summed E-state index contributed by atoms with van der Waals surface area (Å²) in [6.45, 7) is 4.97. The van der Waals surface area contributed by atoms with Crippen LogP contribution in [0.4, 0.5) is 15.9 Å². The third-order valence-corrected chi connectivity index (χ3v) is 11.6. The molecule has 226 valence electrons. The van der Waals surface area contributed by atoms with Gasteiger partial charge in [0.2, 0.25) is 0 Å². The SMILES string of the molecule is Oc1cc(N2CCc3c(nc(OCC45CCCN4C4CCCC4C5)nc3N3CC4CCC(C3)N4)C2)c2c(F)cccc2c1. The fraction of sp³-hybridized carbons (Fsp3) is 0.588. The standard InChI is InChI=1S/C34H41FN6O2/c35-27-6-1-4-21-14-25(42)15-30(31(21)27)39-13-10-26-28(19-39)37-33(38-32(26)40-17-23-8-9-24(18-40)36-23)43-20-34-11-3-12-41(34)29-7-2-5-22(29)16-34/h1,4,6,14-15,22-24,29,36,42H,2-3,5,7-13,16-20H2. The highest BCUT2D eigenvalue weighted by Crippen LogP contribution is 2.51. The van der Waals surface area contributed by atoms with Gasteiger partial charge in [-0.15, -0.1) is 0 Å². The van der Waals surface area contributed by atoms with Crippen molar-refractivity contribution < 1.29 is 14.2 Å². The summed E-state index contributed by atoms with van der Waals surface area (Å²) in [5.74, 6) is 1.70. The maximum absolute atomic E-state index is 15.1. The molecule has 0 spiro atoms. The van der Waals surface area contributed by atoms with Crippen LogP contribution in [0.3, 0.4) is 0 Å². The van der Waals surface area contributed by atoms with E-state index in [1.165, 1.54) is 69.5 Å². The molecule has 43 heavy (non-hydrogen) atoms. The summed E-state index contributed by atoms with van der Waals surface area (Å²) in [5, 5.41) is 15.5. The fourth-order valence-electron chi connectivity index (χ4n) is 9.75. The molecular weight excluding hydrogens is 543 g/mol. The van der Waals surface area contributed by atoms with E-state index in [1.54, 1.807) is 18.2 Å². The van der Waals surface area contributed by atoms with Gasteiger partial charge in [-0.3, -0.25) is 4.90 Å². The van der Waals surface area contributed by atoms with Crippen LogP contribution in [0.25, 0.3) is 10.8 Å². The number of fused-ring (bicyclic) bond motifs is 7. The van der Waals surface area contributed by atoms with Gasteiger partial charge in [-0.05, 0) is 81.3 Å². The molecule has 2 N–H and O–H groups in total. The summed E-state index contributed by atoms with van der Waals surface area (Å²) in [7, 11) is 0. The molecule has 9 heteroatoms. The molecule has 8 nitrogen and oxygen atoms in total. The number of phenols is 1. The van der Waals surface area contributed by atoms with Crippen LogP contribution >= 0.6 is 0 Å². The zero-order valence-corrected chi connectivity index (χ0v) is 24.8. The minimum atomic E-state index is -0.274. The first-order chi connectivity index (χ1) is 21.0. The molecule has 9 rings (SSSR count). The summed E-state index contributed by atoms with van der Waals surface area (Å²) in [6.07, 6.45) is 10.9. The Morgan fingerprint density at radius 2 is 1.91 bits per heavy atom. The number of piperazine rings is 1. The highest BCUT2D eigenvalue weighted by Gasteiger charge is 2.55. The van der Waals surface area contributed by atoms with Crippen molar-refractivity contribution in [3.63, 3.8) is 0 Å². The van der Waals surface area contributed by atoms with Crippen molar-refractivity contribution in [2.45, 2.75) is 88.0 Å². The third-order valence-electron chi connectivity index (χ3n) is 11.6. The van der Waals surface area contributed by atoms with E-state index < -0.39 is 0 Å². The van der Waals surface area contributed by atoms with Gasteiger partial charge in [0.25, 0.3) is 0 Å². The Balaban J connectivity index is 1.06. The maximum atomic E-state index is 15.1. The van der Waals surface area contributed by atoms with Gasteiger partial charge in [0, 0.05) is 54.8 Å². The second-order valence-electron chi connectivity index (χ2n) is 14.0. The molecule has 0 radical (unpaired) electrons. The number of rotatable bonds is 5. The van der Waals surface area contributed by atoms with Crippen molar-refractivity contribution >= 4 is 22.3 Å². The second-order valence-corrected chi connectivity index (χ2v) is 14.0. The van der Waals surface area contributed by atoms with Crippen LogP contribution in [0.5, 0.6) is 11.8 Å². The molecule has 4 saturated heterocycles. The molecule has 0 amide bonds. The Kier molecular flexibility index (Phi) is 6.06. The molecule has 6 heterocycles. The smallest absolute Gasteiger partial charge is 0.318 e. The van der Waals surface area contributed by atoms with Gasteiger partial charge in [-0.2, -0.15) is 9.97 Å². The summed E-state index contributed by atoms with van der Waals surface area (Å²) in [5.41, 5.74) is 2.97. The zero-order chi connectivity index (χ0) is 28.7. The summed E-state index contributed by atoms with van der Waals surface area (Å²) >= 11 is 0. The Morgan fingerprint density at radius 3 is 2.79 bits per heavy atom. The van der Waals surface area contributed by atoms with Gasteiger partial charge >= 0.3 is 6.01 Å². The first-order valence-electron chi connectivity index (χ1n) is 16.5. The summed E-state index contributed by atoms with van der Waals surface area (Å²) in [6, 6.07) is 10.6. The molecule has 5 atom stereocenters. The molecule has 1 aliphatic carbocycles. The van der Waals surface area contributed by atoms with Crippen LogP contribution in [0.15, 0.2) is 30.3 Å². The monoisotopic (exact) mass is 584 g/mol. The van der Waals surface area contributed by atoms with Crippen molar-refractivity contribution in [2.24, 2.45) is 5.92 Å². The van der Waals surface area contributed by atoms with Gasteiger partial charge in [0.1, 0.15) is 24.0 Å². The van der Waals surface area contributed by atoms with Crippen molar-refractivity contribution in [1.29, 1.82) is 0 Å². The molecule has 5 aliphatic heterocycles. The highest BCUT2D eigenvalue weighted by molar-refractivity contribution is 5.96. The molecule has 5 unspecified atom stereocenters. The predicted octanol–water partition coefficient (Wildman–Crippen LogP) is 4.76. The Hall–Kier alpha value is -3.17. The molecule has 1 aromatic heterocycles. The van der Waals surface area contributed by atoms with E-state index in [0.717, 1.165) is 43.0 Å². The largest absolute Gasteiger partial charge is 0.508 e. The number of nitrogens with one attached hydrogen (secondary N) is 1. The van der Waals surface area contributed by atoms with E-state index >= 15 is 4.39 Å². The number of aromatic hydroxyl groups is 1. The lowest BCUT2D eigenvalue weighted by atomic mass is 9.90. The average Bonchev–Trinajstić information content (AvgIpc) is 3.76. The topological polar surface area (TPSA) is 77.0 Å². The Morgan fingerprint density at radius 1 is 1.02 bits per heavy atom. The van der Waals surface area contributed by atoms with Crippen LogP contribution in [0.2, 0.25) is 0 Å². The number of aromatic nitrogens is 2. The van der Waals surface area contributed by atoms with Crippen LogP contribution < -0.4 is 19.9 Å². The van der Waals surface area contributed by atoms with Crippen LogP contribution in [0, 0.1) is 11.7 Å². The number of ether oxygens (including phenoxy) is 1. The molecule has 2 bridgehead atoms. The minimum absolute atomic E-state index is 0.118. The third kappa shape index (κ3) is 4.29. The molecule has 2 aromatic carbocycles. The average molecular weight is 585 g/mol. The molecule has 1 saturated carbocycles. The molecular formula is C34H41FN6O2. The Labute approximate surface area is 252 Å². The number of halogens is 1. The number of nitrogens with zero attached hydrogens (tertiary/aromatic N) is 5. The van der Waals surface area contributed by atoms with Crippen LogP contribution in [-0.2, 0) is 13.0 Å². The lowest BCUT2D eigenvalue weighted by Crippen LogP contribution is -2.52. The first kappa shape index (κ1) is 26.3. The van der Waals surface area contributed by atoms with Crippen LogP contribution in [-0.4, -0.2) is 76.4 Å². The summed E-state index contributed by atoms with van der Waals surface area (Å²) < 4.78 is 21.8. The minimum Gasteiger partial charge on any atom is -0.508 e. The van der Waals surface area contributed by atoms with E-state index in [0.29, 0.717) is 54.3 Å². The quantitative estimate of drug-likeness (QED) is 0.445. The lowest BCUT2D eigenvalue weighted by Gasteiger charge is -2.38. The summed E-state index contributed by atoms with van der Waals surface area (Å²) in [4.78, 5) is 17.6. The fourth-order valence-corrected chi connectivity index (χ4v) is 9.75. The van der Waals surface area contributed by atoms with E-state index in [-0.39, 0.29) is 17.1 Å². The van der Waals surface area contributed by atoms with E-state index in [2.05, 4.69) is 20.0 Å². The number of hydrogen-bond acceptors (Lipinski definition) is 8. The number of hydrogen-bond donors (Lipinski definition) is 2. The van der Waals surface area contributed by atoms with Crippen molar-refractivity contribution in [1.82, 2.24) is 20.2 Å². The molecule has 3 aromatic rings. The lowest BCUT2D eigenvalue weighted by molar-refractivity contribution is 0.0829. The van der Waals surface area contributed by atoms with Gasteiger partial charge in [0.15, 0.2) is 0 Å². The number of phenolic OH excluding ortho intramolecular Hbond substituents is 1. The number of benzene rings is 2. The van der Waals surface area contributed by atoms with Crippen molar-refractivity contribution in [3.05, 3.63) is 47.4 Å². The van der Waals surface area contributed by atoms with Gasteiger partial charge < -0.3 is 25.0 Å².